The number of anilines is 1. The van der Waals surface area contributed by atoms with Crippen molar-refractivity contribution >= 4 is 34.5 Å². The van der Waals surface area contributed by atoms with Gasteiger partial charge in [0.2, 0.25) is 5.91 Å². The zero-order chi connectivity index (χ0) is 12.8. The van der Waals surface area contributed by atoms with Crippen LogP contribution < -0.4 is 10.6 Å². The molecule has 2 N–H and O–H groups in total. The van der Waals surface area contributed by atoms with Crippen LogP contribution in [0.2, 0.25) is 4.34 Å². The smallest absolute Gasteiger partial charge is 0.239 e. The van der Waals surface area contributed by atoms with Crippen LogP contribution >= 0.6 is 22.9 Å². The molecule has 0 unspecified atom stereocenters. The molecule has 0 aliphatic rings. The Morgan fingerprint density at radius 3 is 2.61 bits per heavy atom. The molecule has 1 amide bonds. The monoisotopic (exact) mass is 280 g/mol. The van der Waals surface area contributed by atoms with Crippen LogP contribution in [-0.2, 0) is 11.3 Å². The van der Waals surface area contributed by atoms with Crippen molar-refractivity contribution in [1.29, 1.82) is 0 Å². The fourth-order valence-electron chi connectivity index (χ4n) is 1.43. The van der Waals surface area contributed by atoms with E-state index in [1.165, 1.54) is 11.3 Å². The zero-order valence-corrected chi connectivity index (χ0v) is 11.2. The van der Waals surface area contributed by atoms with Crippen LogP contribution in [0.4, 0.5) is 5.69 Å². The molecule has 0 bridgehead atoms. The molecule has 0 radical (unpaired) electrons. The van der Waals surface area contributed by atoms with Crippen LogP contribution in [0.3, 0.4) is 0 Å². The molecule has 3 nitrogen and oxygen atoms in total. The highest BCUT2D eigenvalue weighted by Gasteiger charge is 2.02. The topological polar surface area (TPSA) is 41.1 Å². The van der Waals surface area contributed by atoms with Gasteiger partial charge in [-0.1, -0.05) is 29.8 Å². The third-order valence-corrected chi connectivity index (χ3v) is 3.55. The highest BCUT2D eigenvalue weighted by Crippen LogP contribution is 2.20. The van der Waals surface area contributed by atoms with E-state index >= 15 is 0 Å². The molecular formula is C13H13ClN2OS. The van der Waals surface area contributed by atoms with Gasteiger partial charge in [0.25, 0.3) is 0 Å². The number of carbonyl (C=O) groups is 1. The van der Waals surface area contributed by atoms with Gasteiger partial charge in [0, 0.05) is 10.6 Å². The van der Waals surface area contributed by atoms with E-state index in [9.17, 15) is 4.79 Å². The number of hydrogen-bond donors (Lipinski definition) is 2. The van der Waals surface area contributed by atoms with Crippen LogP contribution in [0.15, 0.2) is 42.5 Å². The molecule has 18 heavy (non-hydrogen) atoms. The Morgan fingerprint density at radius 2 is 1.94 bits per heavy atom. The second-order valence-corrected chi connectivity index (χ2v) is 5.50. The summed E-state index contributed by atoms with van der Waals surface area (Å²) in [4.78, 5) is 12.6. The number of hydrogen-bond acceptors (Lipinski definition) is 3. The Hall–Kier alpha value is -1.52. The van der Waals surface area contributed by atoms with Gasteiger partial charge in [0.05, 0.1) is 17.4 Å². The van der Waals surface area contributed by atoms with Gasteiger partial charge in [-0.3, -0.25) is 4.79 Å². The summed E-state index contributed by atoms with van der Waals surface area (Å²) in [6, 6.07) is 13.4. The quantitative estimate of drug-likeness (QED) is 0.883. The maximum absolute atomic E-state index is 11.6. The van der Waals surface area contributed by atoms with Gasteiger partial charge in [0.1, 0.15) is 0 Å². The first kappa shape index (κ1) is 12.9. The van der Waals surface area contributed by atoms with Crippen molar-refractivity contribution in [2.75, 3.05) is 11.9 Å². The third-order valence-electron chi connectivity index (χ3n) is 2.32. The van der Waals surface area contributed by atoms with E-state index < -0.39 is 0 Å². The van der Waals surface area contributed by atoms with Crippen molar-refractivity contribution in [2.45, 2.75) is 6.54 Å². The molecule has 2 aromatic rings. The number of carbonyl (C=O) groups excluding carboxylic acids is 1. The first-order valence-corrected chi connectivity index (χ1v) is 6.73. The largest absolute Gasteiger partial charge is 0.376 e. The minimum Gasteiger partial charge on any atom is -0.376 e. The second kappa shape index (κ2) is 6.42. The molecule has 94 valence electrons. The summed E-state index contributed by atoms with van der Waals surface area (Å²) >= 11 is 7.28. The SMILES string of the molecule is O=C(CNc1ccccc1)NCc1ccc(Cl)s1. The molecule has 0 atom stereocenters. The summed E-state index contributed by atoms with van der Waals surface area (Å²) < 4.78 is 0.738. The van der Waals surface area contributed by atoms with Crippen LogP contribution in [0.5, 0.6) is 0 Å². The highest BCUT2D eigenvalue weighted by atomic mass is 35.5. The summed E-state index contributed by atoms with van der Waals surface area (Å²) in [6.07, 6.45) is 0. The summed E-state index contributed by atoms with van der Waals surface area (Å²) in [5.74, 6) is -0.0385. The highest BCUT2D eigenvalue weighted by molar-refractivity contribution is 7.16. The van der Waals surface area contributed by atoms with Crippen LogP contribution in [0.1, 0.15) is 4.88 Å². The van der Waals surface area contributed by atoms with Gasteiger partial charge in [0.15, 0.2) is 0 Å². The number of amides is 1. The van der Waals surface area contributed by atoms with Crippen molar-refractivity contribution in [2.24, 2.45) is 0 Å². The molecule has 2 rings (SSSR count). The average Bonchev–Trinajstić information content (AvgIpc) is 2.81. The predicted octanol–water partition coefficient (Wildman–Crippen LogP) is 3.13. The molecule has 0 saturated heterocycles. The van der Waals surface area contributed by atoms with Crippen molar-refractivity contribution in [3.05, 3.63) is 51.7 Å². The Labute approximate surface area is 115 Å². The minimum atomic E-state index is -0.0385. The third kappa shape index (κ3) is 4.05. The predicted molar refractivity (Wildman–Crippen MR) is 76.1 cm³/mol. The van der Waals surface area contributed by atoms with E-state index in [2.05, 4.69) is 10.6 Å². The number of rotatable bonds is 5. The van der Waals surface area contributed by atoms with Crippen molar-refractivity contribution in [3.8, 4) is 0 Å². The standard InChI is InChI=1S/C13H13ClN2OS/c14-12-7-6-11(18-12)8-16-13(17)9-15-10-4-2-1-3-5-10/h1-7,15H,8-9H2,(H,16,17). The Morgan fingerprint density at radius 1 is 1.17 bits per heavy atom. The minimum absolute atomic E-state index is 0.0385. The van der Waals surface area contributed by atoms with Crippen LogP contribution in [-0.4, -0.2) is 12.5 Å². The van der Waals surface area contributed by atoms with Gasteiger partial charge in [-0.05, 0) is 24.3 Å². The Balaban J connectivity index is 1.73. The zero-order valence-electron chi connectivity index (χ0n) is 9.65. The first-order valence-electron chi connectivity index (χ1n) is 5.54. The number of para-hydroxylation sites is 1. The normalized spacial score (nSPS) is 10.1. The molecule has 0 aliphatic heterocycles. The Bertz CT molecular complexity index is 513. The molecule has 0 aliphatic carbocycles. The molecular weight excluding hydrogens is 268 g/mol. The van der Waals surface area contributed by atoms with Crippen LogP contribution in [0, 0.1) is 0 Å². The van der Waals surface area contributed by atoms with Crippen molar-refractivity contribution in [1.82, 2.24) is 5.32 Å². The van der Waals surface area contributed by atoms with Gasteiger partial charge in [-0.2, -0.15) is 0 Å². The van der Waals surface area contributed by atoms with Crippen LogP contribution in [0.25, 0.3) is 0 Å². The van der Waals surface area contributed by atoms with E-state index in [0.717, 1.165) is 14.9 Å². The first-order chi connectivity index (χ1) is 8.74. The van der Waals surface area contributed by atoms with Gasteiger partial charge < -0.3 is 10.6 Å². The van der Waals surface area contributed by atoms with E-state index in [1.54, 1.807) is 0 Å². The summed E-state index contributed by atoms with van der Waals surface area (Å²) in [7, 11) is 0. The lowest BCUT2D eigenvalue weighted by Gasteiger charge is -2.06. The van der Waals surface area contributed by atoms with Crippen molar-refractivity contribution in [3.63, 3.8) is 0 Å². The van der Waals surface area contributed by atoms with Gasteiger partial charge in [-0.25, -0.2) is 0 Å². The molecule has 0 spiro atoms. The summed E-state index contributed by atoms with van der Waals surface area (Å²) in [5.41, 5.74) is 0.937. The summed E-state index contributed by atoms with van der Waals surface area (Å²) in [5, 5.41) is 5.88. The number of benzene rings is 1. The van der Waals surface area contributed by atoms with E-state index in [0.29, 0.717) is 6.54 Å². The van der Waals surface area contributed by atoms with E-state index in [-0.39, 0.29) is 12.5 Å². The molecule has 0 fully saturated rings. The maximum Gasteiger partial charge on any atom is 0.239 e. The lowest BCUT2D eigenvalue weighted by atomic mass is 10.3. The number of thiophene rings is 1. The maximum atomic E-state index is 11.6. The lowest BCUT2D eigenvalue weighted by molar-refractivity contribution is -0.119. The average molecular weight is 281 g/mol. The fourth-order valence-corrected chi connectivity index (χ4v) is 2.46. The number of halogens is 1. The molecule has 1 aromatic carbocycles. The van der Waals surface area contributed by atoms with E-state index in [4.69, 9.17) is 11.6 Å². The van der Waals surface area contributed by atoms with Gasteiger partial charge in [-0.15, -0.1) is 11.3 Å². The fraction of sp³-hybridized carbons (Fsp3) is 0.154. The number of nitrogens with one attached hydrogen (secondary N) is 2. The Kier molecular flexibility index (Phi) is 4.61. The van der Waals surface area contributed by atoms with E-state index in [1.807, 2.05) is 42.5 Å². The molecule has 1 aromatic heterocycles. The molecule has 5 heteroatoms. The van der Waals surface area contributed by atoms with Crippen molar-refractivity contribution < 1.29 is 4.79 Å². The summed E-state index contributed by atoms with van der Waals surface area (Å²) in [6.45, 7) is 0.788. The second-order valence-electron chi connectivity index (χ2n) is 3.70. The molecule has 0 saturated carbocycles. The lowest BCUT2D eigenvalue weighted by Crippen LogP contribution is -2.29. The molecule has 1 heterocycles. The van der Waals surface area contributed by atoms with Gasteiger partial charge >= 0.3 is 0 Å².